The smallest absolute Gasteiger partial charge is 0.209 e. The number of phenolic OH excluding ortho intramolecular Hbond substituents is 1. The Morgan fingerprint density at radius 3 is 2.56 bits per heavy atom. The van der Waals surface area contributed by atoms with Crippen molar-refractivity contribution in [1.82, 2.24) is 4.90 Å². The van der Waals surface area contributed by atoms with Gasteiger partial charge in [0.2, 0.25) is 6.41 Å². The Hall–Kier alpha value is -1.42. The van der Waals surface area contributed by atoms with E-state index in [0.29, 0.717) is 31.2 Å². The minimum absolute atomic E-state index is 0.115. The number of carbonyl (C=O) groups is 1. The fraction of sp³-hybridized carbons (Fsp3) is 0.364. The molecule has 1 aliphatic heterocycles. The molecule has 1 N–H and O–H groups in total. The average molecular weight is 241 g/mol. The van der Waals surface area contributed by atoms with Crippen LogP contribution in [0.2, 0.25) is 5.02 Å². The monoisotopic (exact) mass is 240 g/mol. The van der Waals surface area contributed by atoms with E-state index in [1.54, 1.807) is 11.0 Å². The maximum Gasteiger partial charge on any atom is 0.209 e. The molecule has 86 valence electrons. The lowest BCUT2D eigenvalue weighted by molar-refractivity contribution is -0.118. The summed E-state index contributed by atoms with van der Waals surface area (Å²) in [5.74, 6) is 0.115. The molecular formula is C11H13ClN2O2. The summed E-state index contributed by atoms with van der Waals surface area (Å²) < 4.78 is 0. The lowest BCUT2D eigenvalue weighted by Crippen LogP contribution is -2.45. The van der Waals surface area contributed by atoms with Gasteiger partial charge in [-0.1, -0.05) is 17.7 Å². The zero-order valence-electron chi connectivity index (χ0n) is 8.77. The van der Waals surface area contributed by atoms with Crippen LogP contribution in [0.15, 0.2) is 18.2 Å². The summed E-state index contributed by atoms with van der Waals surface area (Å²) in [5.41, 5.74) is 0.734. The van der Waals surface area contributed by atoms with Gasteiger partial charge in [-0.25, -0.2) is 0 Å². The van der Waals surface area contributed by atoms with E-state index in [4.69, 9.17) is 11.6 Å². The van der Waals surface area contributed by atoms with E-state index in [1.807, 2.05) is 17.0 Å². The van der Waals surface area contributed by atoms with E-state index in [9.17, 15) is 9.90 Å². The standard InChI is InChI=1S/C11H13ClN2O2/c12-9-2-1-3-10(11(9)16)14-6-4-13(8-15)5-7-14/h1-3,8,16H,4-7H2. The van der Waals surface area contributed by atoms with Gasteiger partial charge in [-0.05, 0) is 12.1 Å². The van der Waals surface area contributed by atoms with Gasteiger partial charge >= 0.3 is 0 Å². The zero-order valence-corrected chi connectivity index (χ0v) is 9.52. The maximum absolute atomic E-state index is 10.6. The van der Waals surface area contributed by atoms with Crippen molar-refractivity contribution in [3.05, 3.63) is 23.2 Å². The van der Waals surface area contributed by atoms with Crippen LogP contribution in [0.4, 0.5) is 5.69 Å². The first kappa shape index (κ1) is 11.1. The van der Waals surface area contributed by atoms with Gasteiger partial charge in [0, 0.05) is 26.2 Å². The third-order valence-electron chi connectivity index (χ3n) is 2.77. The van der Waals surface area contributed by atoms with Gasteiger partial charge in [-0.3, -0.25) is 4.79 Å². The van der Waals surface area contributed by atoms with E-state index >= 15 is 0 Å². The molecule has 1 heterocycles. The first-order valence-corrected chi connectivity index (χ1v) is 5.52. The van der Waals surface area contributed by atoms with Crippen LogP contribution in [0.5, 0.6) is 5.75 Å². The number of hydrogen-bond acceptors (Lipinski definition) is 3. The number of rotatable bonds is 2. The lowest BCUT2D eigenvalue weighted by atomic mass is 10.2. The summed E-state index contributed by atoms with van der Waals surface area (Å²) in [7, 11) is 0. The second-order valence-electron chi connectivity index (χ2n) is 3.74. The van der Waals surface area contributed by atoms with Crippen molar-refractivity contribution in [3.8, 4) is 5.75 Å². The van der Waals surface area contributed by atoms with E-state index < -0.39 is 0 Å². The molecule has 16 heavy (non-hydrogen) atoms. The maximum atomic E-state index is 10.6. The Labute approximate surface area is 99.0 Å². The highest BCUT2D eigenvalue weighted by Gasteiger charge is 2.18. The van der Waals surface area contributed by atoms with Gasteiger partial charge in [0.05, 0.1) is 10.7 Å². The fourth-order valence-electron chi connectivity index (χ4n) is 1.83. The van der Waals surface area contributed by atoms with E-state index in [0.717, 1.165) is 12.1 Å². The number of anilines is 1. The van der Waals surface area contributed by atoms with Crippen molar-refractivity contribution in [3.63, 3.8) is 0 Å². The van der Waals surface area contributed by atoms with Gasteiger partial charge < -0.3 is 14.9 Å². The largest absolute Gasteiger partial charge is 0.504 e. The molecule has 1 amide bonds. The molecule has 0 bridgehead atoms. The third kappa shape index (κ3) is 2.07. The Kier molecular flexibility index (Phi) is 3.19. The molecule has 0 atom stereocenters. The molecule has 4 nitrogen and oxygen atoms in total. The summed E-state index contributed by atoms with van der Waals surface area (Å²) in [5, 5.41) is 10.2. The minimum atomic E-state index is 0.115. The van der Waals surface area contributed by atoms with Crippen molar-refractivity contribution < 1.29 is 9.90 Å². The molecule has 0 unspecified atom stereocenters. The topological polar surface area (TPSA) is 43.8 Å². The number of phenols is 1. The van der Waals surface area contributed by atoms with E-state index in [1.165, 1.54) is 0 Å². The third-order valence-corrected chi connectivity index (χ3v) is 3.07. The number of para-hydroxylation sites is 1. The summed E-state index contributed by atoms with van der Waals surface area (Å²) in [6.07, 6.45) is 0.856. The molecule has 0 radical (unpaired) electrons. The molecule has 0 aromatic heterocycles. The first-order chi connectivity index (χ1) is 7.72. The molecule has 1 aliphatic rings. The second kappa shape index (κ2) is 4.61. The predicted octanol–water partition coefficient (Wildman–Crippen LogP) is 1.32. The summed E-state index contributed by atoms with van der Waals surface area (Å²) in [6.45, 7) is 2.78. The van der Waals surface area contributed by atoms with Crippen LogP contribution in [0.1, 0.15) is 0 Å². The number of hydrogen-bond donors (Lipinski definition) is 1. The van der Waals surface area contributed by atoms with Crippen LogP contribution in [0.3, 0.4) is 0 Å². The normalized spacial score (nSPS) is 16.3. The van der Waals surface area contributed by atoms with Crippen molar-refractivity contribution in [2.45, 2.75) is 0 Å². The lowest BCUT2D eigenvalue weighted by Gasteiger charge is -2.34. The highest BCUT2D eigenvalue weighted by molar-refractivity contribution is 6.32. The molecule has 0 spiro atoms. The van der Waals surface area contributed by atoms with Gasteiger partial charge in [0.25, 0.3) is 0 Å². The molecule has 1 saturated heterocycles. The zero-order chi connectivity index (χ0) is 11.5. The van der Waals surface area contributed by atoms with Crippen molar-refractivity contribution in [2.75, 3.05) is 31.1 Å². The van der Waals surface area contributed by atoms with Crippen LogP contribution in [0, 0.1) is 0 Å². The highest BCUT2D eigenvalue weighted by Crippen LogP contribution is 2.34. The molecule has 1 aromatic rings. The number of benzene rings is 1. The van der Waals surface area contributed by atoms with E-state index in [2.05, 4.69) is 0 Å². The molecule has 5 heteroatoms. The summed E-state index contributed by atoms with van der Waals surface area (Å²) >= 11 is 5.85. The van der Waals surface area contributed by atoms with Crippen LogP contribution in [-0.2, 0) is 4.79 Å². The van der Waals surface area contributed by atoms with Crippen LogP contribution >= 0.6 is 11.6 Å². The van der Waals surface area contributed by atoms with Crippen molar-refractivity contribution in [2.24, 2.45) is 0 Å². The molecule has 1 fully saturated rings. The Morgan fingerprint density at radius 1 is 1.25 bits per heavy atom. The highest BCUT2D eigenvalue weighted by atomic mass is 35.5. The number of piperazine rings is 1. The molecular weight excluding hydrogens is 228 g/mol. The predicted molar refractivity (Wildman–Crippen MR) is 63.0 cm³/mol. The summed E-state index contributed by atoms with van der Waals surface area (Å²) in [4.78, 5) is 14.3. The fourth-order valence-corrected chi connectivity index (χ4v) is 2.00. The van der Waals surface area contributed by atoms with Crippen LogP contribution < -0.4 is 4.90 Å². The summed E-state index contributed by atoms with van der Waals surface area (Å²) in [6, 6.07) is 5.29. The van der Waals surface area contributed by atoms with Gasteiger partial charge in [-0.2, -0.15) is 0 Å². The van der Waals surface area contributed by atoms with Crippen LogP contribution in [0.25, 0.3) is 0 Å². The van der Waals surface area contributed by atoms with Crippen molar-refractivity contribution in [1.29, 1.82) is 0 Å². The van der Waals surface area contributed by atoms with Gasteiger partial charge in [0.15, 0.2) is 5.75 Å². The van der Waals surface area contributed by atoms with E-state index in [-0.39, 0.29) is 5.75 Å². The number of amides is 1. The number of carbonyl (C=O) groups excluding carboxylic acids is 1. The minimum Gasteiger partial charge on any atom is -0.504 e. The Morgan fingerprint density at radius 2 is 1.94 bits per heavy atom. The number of halogens is 1. The van der Waals surface area contributed by atoms with Gasteiger partial charge in [-0.15, -0.1) is 0 Å². The molecule has 1 aromatic carbocycles. The second-order valence-corrected chi connectivity index (χ2v) is 4.14. The first-order valence-electron chi connectivity index (χ1n) is 5.14. The van der Waals surface area contributed by atoms with Crippen molar-refractivity contribution >= 4 is 23.7 Å². The average Bonchev–Trinajstić information content (AvgIpc) is 2.33. The molecule has 0 saturated carbocycles. The quantitative estimate of drug-likeness (QED) is 0.793. The molecule has 2 rings (SSSR count). The Balaban J connectivity index is 2.14. The number of nitrogens with zero attached hydrogens (tertiary/aromatic N) is 2. The van der Waals surface area contributed by atoms with Crippen LogP contribution in [-0.4, -0.2) is 42.6 Å². The SMILES string of the molecule is O=CN1CCN(c2cccc(Cl)c2O)CC1. The molecule has 0 aliphatic carbocycles. The Bertz CT molecular complexity index is 390. The van der Waals surface area contributed by atoms with Gasteiger partial charge in [0.1, 0.15) is 0 Å². The number of aromatic hydroxyl groups is 1.